The average molecular weight is 239 g/mol. The maximum Gasteiger partial charge on any atom is 0.326 e. The number of fused-ring (bicyclic) bond motifs is 2. The number of carbonyl (C=O) groups excluding carboxylic acids is 1. The molecule has 0 unspecified atom stereocenters. The molecular weight excluding hydrogens is 222 g/mol. The van der Waals surface area contributed by atoms with Crippen LogP contribution in [0.4, 0.5) is 0 Å². The third-order valence-electron chi connectivity index (χ3n) is 4.80. The summed E-state index contributed by atoms with van der Waals surface area (Å²) in [6.07, 6.45) is 2.63. The lowest BCUT2D eigenvalue weighted by Gasteiger charge is -2.26. The lowest BCUT2D eigenvalue weighted by Crippen LogP contribution is -2.51. The van der Waals surface area contributed by atoms with Crippen molar-refractivity contribution in [1.29, 1.82) is 0 Å². The van der Waals surface area contributed by atoms with Gasteiger partial charge in [-0.05, 0) is 37.5 Å². The van der Waals surface area contributed by atoms with Crippen molar-refractivity contribution in [3.8, 4) is 0 Å². The molecule has 5 nitrogen and oxygen atoms in total. The van der Waals surface area contributed by atoms with E-state index in [2.05, 4.69) is 0 Å². The van der Waals surface area contributed by atoms with Crippen molar-refractivity contribution < 1.29 is 19.4 Å². The normalized spacial score (nSPS) is 44.2. The summed E-state index contributed by atoms with van der Waals surface area (Å²) in [5.41, 5.74) is 5.16. The number of carboxylic acid groups (broad SMARTS) is 1. The van der Waals surface area contributed by atoms with Crippen LogP contribution >= 0.6 is 0 Å². The van der Waals surface area contributed by atoms with Gasteiger partial charge in [-0.1, -0.05) is 0 Å². The molecule has 0 aromatic rings. The van der Waals surface area contributed by atoms with Crippen LogP contribution in [-0.2, 0) is 14.3 Å². The summed E-state index contributed by atoms with van der Waals surface area (Å²) < 4.78 is 5.02. The number of aliphatic carboxylic acids is 1. The van der Waals surface area contributed by atoms with Crippen molar-refractivity contribution in [1.82, 2.24) is 0 Å². The molecule has 0 aromatic heterocycles. The zero-order chi connectivity index (χ0) is 12.4. The Hall–Kier alpha value is -1.10. The predicted octanol–water partition coefficient (Wildman–Crippen LogP) is 0.378. The van der Waals surface area contributed by atoms with Crippen molar-refractivity contribution in [2.24, 2.45) is 28.9 Å². The first-order valence-corrected chi connectivity index (χ1v) is 6.15. The Kier molecular flexibility index (Phi) is 1.95. The summed E-state index contributed by atoms with van der Waals surface area (Å²) in [6.45, 7) is 2.03. The summed E-state index contributed by atoms with van der Waals surface area (Å²) in [6, 6.07) is 0. The Morgan fingerprint density at radius 2 is 2.06 bits per heavy atom. The zero-order valence-electron chi connectivity index (χ0n) is 9.81. The Labute approximate surface area is 99.3 Å². The van der Waals surface area contributed by atoms with Gasteiger partial charge in [-0.2, -0.15) is 0 Å². The molecule has 4 atom stereocenters. The van der Waals surface area contributed by atoms with E-state index in [1.807, 2.05) is 0 Å². The van der Waals surface area contributed by atoms with Crippen LogP contribution in [0.3, 0.4) is 0 Å². The van der Waals surface area contributed by atoms with E-state index in [0.717, 1.165) is 12.8 Å². The van der Waals surface area contributed by atoms with Gasteiger partial charge in [-0.15, -0.1) is 0 Å². The number of hydrogen-bond acceptors (Lipinski definition) is 4. The average Bonchev–Trinajstić information content (AvgIpc) is 3.07. The fraction of sp³-hybridized carbons (Fsp3) is 0.833. The minimum atomic E-state index is -1.06. The Morgan fingerprint density at radius 3 is 2.53 bits per heavy atom. The third-order valence-corrected chi connectivity index (χ3v) is 4.80. The van der Waals surface area contributed by atoms with Gasteiger partial charge < -0.3 is 15.6 Å². The molecular formula is C12H17NO4. The van der Waals surface area contributed by atoms with E-state index in [1.54, 1.807) is 6.92 Å². The first-order valence-electron chi connectivity index (χ1n) is 6.15. The lowest BCUT2D eigenvalue weighted by molar-refractivity contribution is -0.151. The van der Waals surface area contributed by atoms with Gasteiger partial charge in [0.25, 0.3) is 0 Å². The molecule has 17 heavy (non-hydrogen) atoms. The topological polar surface area (TPSA) is 89.6 Å². The van der Waals surface area contributed by atoms with Crippen molar-refractivity contribution >= 4 is 11.9 Å². The summed E-state index contributed by atoms with van der Waals surface area (Å²) in [5.74, 6) is -1.76. The first-order chi connectivity index (χ1) is 7.96. The maximum atomic E-state index is 11.9. The van der Waals surface area contributed by atoms with Crippen molar-refractivity contribution in [2.45, 2.75) is 31.7 Å². The third kappa shape index (κ3) is 1.23. The van der Waals surface area contributed by atoms with Crippen LogP contribution in [0.1, 0.15) is 26.2 Å². The molecule has 0 radical (unpaired) electrons. The van der Waals surface area contributed by atoms with E-state index < -0.39 is 23.4 Å². The highest BCUT2D eigenvalue weighted by atomic mass is 16.5. The van der Waals surface area contributed by atoms with E-state index in [9.17, 15) is 9.59 Å². The molecule has 0 amide bonds. The van der Waals surface area contributed by atoms with Gasteiger partial charge in [-0.25, -0.2) is 0 Å². The smallest absolute Gasteiger partial charge is 0.326 e. The molecule has 3 fully saturated rings. The van der Waals surface area contributed by atoms with E-state index in [1.165, 1.54) is 0 Å². The first kappa shape index (κ1) is 11.0. The van der Waals surface area contributed by atoms with Gasteiger partial charge in [0.2, 0.25) is 0 Å². The molecule has 0 heterocycles. The largest absolute Gasteiger partial charge is 0.481 e. The van der Waals surface area contributed by atoms with Gasteiger partial charge in [0.15, 0.2) is 0 Å². The van der Waals surface area contributed by atoms with Crippen LogP contribution in [0, 0.1) is 23.2 Å². The van der Waals surface area contributed by atoms with Crippen LogP contribution < -0.4 is 5.73 Å². The molecule has 3 rings (SSSR count). The summed E-state index contributed by atoms with van der Waals surface area (Å²) in [7, 11) is 0. The number of nitrogens with two attached hydrogens (primary N) is 1. The molecule has 3 N–H and O–H groups in total. The Balaban J connectivity index is 1.88. The SMILES string of the molecule is CCOC(=O)[C@]1(N)CC2(CC2)[C@H]2[C@H](C(=O)O)[C@H]21. The molecule has 3 aliphatic carbocycles. The highest BCUT2D eigenvalue weighted by molar-refractivity contribution is 5.87. The summed E-state index contributed by atoms with van der Waals surface area (Å²) in [4.78, 5) is 23.1. The van der Waals surface area contributed by atoms with E-state index in [4.69, 9.17) is 15.6 Å². The maximum absolute atomic E-state index is 11.9. The predicted molar refractivity (Wildman–Crippen MR) is 57.9 cm³/mol. The number of hydrogen-bond donors (Lipinski definition) is 2. The van der Waals surface area contributed by atoms with Gasteiger partial charge in [0.05, 0.1) is 12.5 Å². The van der Waals surface area contributed by atoms with Crippen LogP contribution in [0.5, 0.6) is 0 Å². The van der Waals surface area contributed by atoms with Gasteiger partial charge >= 0.3 is 11.9 Å². The highest BCUT2D eigenvalue weighted by Gasteiger charge is 2.81. The number of rotatable bonds is 3. The molecule has 94 valence electrons. The molecule has 0 saturated heterocycles. The van der Waals surface area contributed by atoms with E-state index >= 15 is 0 Å². The highest BCUT2D eigenvalue weighted by Crippen LogP contribution is 2.78. The standard InChI is InChI=1S/C12H17NO4/c1-2-17-10(16)12(13)5-11(3-4-11)7-6(8(7)12)9(14)15/h6-8H,2-5,13H2,1H3,(H,14,15)/t6-,7-,8+,12-/m0/s1. The van der Waals surface area contributed by atoms with E-state index in [-0.39, 0.29) is 17.3 Å². The van der Waals surface area contributed by atoms with Crippen molar-refractivity contribution in [2.75, 3.05) is 6.61 Å². The van der Waals surface area contributed by atoms with Crippen molar-refractivity contribution in [3.63, 3.8) is 0 Å². The Bertz CT molecular complexity index is 403. The van der Waals surface area contributed by atoms with Crippen LogP contribution in [0.25, 0.3) is 0 Å². The summed E-state index contributed by atoms with van der Waals surface area (Å²) >= 11 is 0. The molecule has 5 heteroatoms. The molecule has 3 aliphatic rings. The van der Waals surface area contributed by atoms with Crippen LogP contribution in [0.2, 0.25) is 0 Å². The van der Waals surface area contributed by atoms with E-state index in [0.29, 0.717) is 13.0 Å². The number of carbonyl (C=O) groups is 2. The Morgan fingerprint density at radius 1 is 1.41 bits per heavy atom. The van der Waals surface area contributed by atoms with Crippen LogP contribution in [0.15, 0.2) is 0 Å². The molecule has 0 aliphatic heterocycles. The molecule has 1 spiro atoms. The minimum Gasteiger partial charge on any atom is -0.481 e. The van der Waals surface area contributed by atoms with Gasteiger partial charge in [-0.3, -0.25) is 9.59 Å². The van der Waals surface area contributed by atoms with Gasteiger partial charge in [0, 0.05) is 5.92 Å². The second-order valence-electron chi connectivity index (χ2n) is 5.72. The monoisotopic (exact) mass is 239 g/mol. The lowest BCUT2D eigenvalue weighted by atomic mass is 9.86. The quantitative estimate of drug-likeness (QED) is 0.695. The van der Waals surface area contributed by atoms with Crippen LogP contribution in [-0.4, -0.2) is 29.2 Å². The fourth-order valence-corrected chi connectivity index (χ4v) is 3.98. The van der Waals surface area contributed by atoms with Crippen molar-refractivity contribution in [3.05, 3.63) is 0 Å². The second kappa shape index (κ2) is 3.02. The molecule has 0 aromatic carbocycles. The second-order valence-corrected chi connectivity index (χ2v) is 5.72. The van der Waals surface area contributed by atoms with Gasteiger partial charge in [0.1, 0.15) is 5.54 Å². The fourth-order valence-electron chi connectivity index (χ4n) is 3.98. The number of carboxylic acids is 1. The molecule has 3 saturated carbocycles. The zero-order valence-corrected chi connectivity index (χ0v) is 9.81. The number of esters is 1. The molecule has 0 bridgehead atoms. The number of ether oxygens (including phenoxy) is 1. The summed E-state index contributed by atoms with van der Waals surface area (Å²) in [5, 5.41) is 9.16. The minimum absolute atomic E-state index is 0.0369.